The number of furan rings is 1. The number of fused-ring (bicyclic) bond motifs is 10. The highest BCUT2D eigenvalue weighted by Crippen LogP contribution is 2.42. The van der Waals surface area contributed by atoms with Crippen LogP contribution in [0.15, 0.2) is 180 Å². The second-order valence-corrected chi connectivity index (χ2v) is 15.2. The smallest absolute Gasteiger partial charge is 0.160 e. The fourth-order valence-corrected chi connectivity index (χ4v) is 9.53. The quantitative estimate of drug-likeness (QED) is 0.182. The van der Waals surface area contributed by atoms with Crippen molar-refractivity contribution in [2.45, 2.75) is 0 Å². The first-order valence-electron chi connectivity index (χ1n) is 18.5. The van der Waals surface area contributed by atoms with E-state index in [4.69, 9.17) is 14.4 Å². The summed E-state index contributed by atoms with van der Waals surface area (Å²) in [5, 5.41) is 8.16. The molecule has 5 heteroatoms. The molecule has 0 saturated carbocycles. The summed E-state index contributed by atoms with van der Waals surface area (Å²) in [6.07, 6.45) is 0. The van der Waals surface area contributed by atoms with Crippen molar-refractivity contribution < 1.29 is 4.42 Å². The van der Waals surface area contributed by atoms with E-state index in [9.17, 15) is 0 Å². The van der Waals surface area contributed by atoms with Crippen molar-refractivity contribution in [2.24, 2.45) is 0 Å². The fourth-order valence-electron chi connectivity index (χ4n) is 8.38. The van der Waals surface area contributed by atoms with Gasteiger partial charge in [-0.25, -0.2) is 9.97 Å². The topological polar surface area (TPSA) is 43.9 Å². The van der Waals surface area contributed by atoms with Crippen molar-refractivity contribution in [2.75, 3.05) is 0 Å². The van der Waals surface area contributed by atoms with Crippen molar-refractivity contribution in [3.63, 3.8) is 0 Å². The van der Waals surface area contributed by atoms with E-state index in [0.717, 1.165) is 71.1 Å². The zero-order valence-electron chi connectivity index (χ0n) is 29.4. The van der Waals surface area contributed by atoms with Crippen LogP contribution in [-0.2, 0) is 0 Å². The summed E-state index contributed by atoms with van der Waals surface area (Å²) in [4.78, 5) is 10.6. The van der Waals surface area contributed by atoms with E-state index in [2.05, 4.69) is 174 Å². The van der Waals surface area contributed by atoms with Crippen LogP contribution in [0.4, 0.5) is 0 Å². The van der Waals surface area contributed by atoms with E-state index in [0.29, 0.717) is 5.82 Å². The molecule has 55 heavy (non-hydrogen) atoms. The number of thiophene rings is 1. The lowest BCUT2D eigenvalue weighted by molar-refractivity contribution is 0.666. The Hall–Kier alpha value is -7.08. The van der Waals surface area contributed by atoms with Crippen molar-refractivity contribution in [3.05, 3.63) is 176 Å². The maximum atomic E-state index is 6.89. The second kappa shape index (κ2) is 11.7. The first kappa shape index (κ1) is 30.4. The van der Waals surface area contributed by atoms with E-state index in [1.165, 1.54) is 37.4 Å². The Morgan fingerprint density at radius 3 is 2.02 bits per heavy atom. The molecule has 4 nitrogen and oxygen atoms in total. The highest BCUT2D eigenvalue weighted by Gasteiger charge is 2.20. The first-order chi connectivity index (χ1) is 27.2. The van der Waals surface area contributed by atoms with Crippen LogP contribution < -0.4 is 0 Å². The molecule has 0 unspecified atom stereocenters. The van der Waals surface area contributed by atoms with Gasteiger partial charge in [0.2, 0.25) is 0 Å². The summed E-state index contributed by atoms with van der Waals surface area (Å²) in [6, 6.07) is 62.4. The van der Waals surface area contributed by atoms with Crippen LogP contribution in [0.5, 0.6) is 0 Å². The van der Waals surface area contributed by atoms with Crippen molar-refractivity contribution in [1.82, 2.24) is 14.5 Å². The summed E-state index contributed by atoms with van der Waals surface area (Å²) >= 11 is 1.75. The van der Waals surface area contributed by atoms with Crippen LogP contribution in [0.25, 0.3) is 114 Å². The van der Waals surface area contributed by atoms with Gasteiger partial charge in [0.1, 0.15) is 5.58 Å². The van der Waals surface area contributed by atoms with Gasteiger partial charge >= 0.3 is 0 Å². The predicted octanol–water partition coefficient (Wildman–Crippen LogP) is 14.0. The molecule has 0 fully saturated rings. The molecule has 256 valence electrons. The lowest BCUT2D eigenvalue weighted by Crippen LogP contribution is -1.94. The number of rotatable bonds is 4. The first-order valence-corrected chi connectivity index (χ1v) is 19.3. The highest BCUT2D eigenvalue weighted by molar-refractivity contribution is 7.26. The molecule has 12 aromatic rings. The molecule has 4 aromatic heterocycles. The zero-order valence-corrected chi connectivity index (χ0v) is 30.2. The van der Waals surface area contributed by atoms with E-state index < -0.39 is 0 Å². The van der Waals surface area contributed by atoms with Gasteiger partial charge in [-0.3, -0.25) is 0 Å². The van der Waals surface area contributed by atoms with Crippen molar-refractivity contribution >= 4 is 86.2 Å². The summed E-state index contributed by atoms with van der Waals surface area (Å²) in [6.45, 7) is 0. The van der Waals surface area contributed by atoms with Crippen LogP contribution in [0.2, 0.25) is 0 Å². The van der Waals surface area contributed by atoms with Crippen LogP contribution in [0.3, 0.4) is 0 Å². The average Bonchev–Trinajstić information content (AvgIpc) is 3.92. The molecule has 0 saturated heterocycles. The lowest BCUT2D eigenvalue weighted by Gasteiger charge is -2.09. The normalized spacial score (nSPS) is 12.0. The molecule has 12 rings (SSSR count). The average molecular weight is 720 g/mol. The van der Waals surface area contributed by atoms with Gasteiger partial charge in [-0.1, -0.05) is 133 Å². The molecular formula is C50H29N3OS. The van der Waals surface area contributed by atoms with Gasteiger partial charge in [0.15, 0.2) is 11.4 Å². The standard InChI is InChI=1S/C50H29N3OS/c1-2-11-30(12-3-1)31-21-23-32(24-22-31)46-49-47(39-16-7-9-20-45(39)55-49)52-50(51-46)35-25-26-37-38-17-10-19-42(48(38)54-44(37)29-35)53-41-18-8-6-15-36(41)40-27-33-13-4-5-14-34(33)28-43(40)53/h1-29H. The monoisotopic (exact) mass is 719 g/mol. The Balaban J connectivity index is 1.05. The summed E-state index contributed by atoms with van der Waals surface area (Å²) < 4.78 is 11.5. The Kier molecular flexibility index (Phi) is 6.47. The molecule has 0 aliphatic heterocycles. The SMILES string of the molecule is c1ccc(-c2ccc(-c3nc(-c4ccc5c(c4)oc4c(-n6c7ccccc7c7cc8ccccc8cc76)cccc45)nc4c3sc3ccccc34)cc2)cc1. The molecule has 0 bridgehead atoms. The van der Waals surface area contributed by atoms with E-state index in [1.807, 2.05) is 6.07 Å². The molecule has 0 spiro atoms. The molecule has 0 aliphatic carbocycles. The van der Waals surface area contributed by atoms with Gasteiger partial charge in [-0.2, -0.15) is 0 Å². The number of aromatic nitrogens is 3. The number of hydrogen-bond donors (Lipinski definition) is 0. The summed E-state index contributed by atoms with van der Waals surface area (Å²) in [5.74, 6) is 0.676. The summed E-state index contributed by atoms with van der Waals surface area (Å²) in [5.41, 5.74) is 11.2. The third-order valence-electron chi connectivity index (χ3n) is 11.0. The van der Waals surface area contributed by atoms with Gasteiger partial charge in [-0.15, -0.1) is 11.3 Å². The highest BCUT2D eigenvalue weighted by atomic mass is 32.1. The van der Waals surface area contributed by atoms with E-state index in [-0.39, 0.29) is 0 Å². The maximum Gasteiger partial charge on any atom is 0.160 e. The van der Waals surface area contributed by atoms with Gasteiger partial charge < -0.3 is 8.98 Å². The van der Waals surface area contributed by atoms with Crippen LogP contribution in [-0.4, -0.2) is 14.5 Å². The number of hydrogen-bond acceptors (Lipinski definition) is 4. The van der Waals surface area contributed by atoms with Crippen LogP contribution in [0.1, 0.15) is 0 Å². The minimum atomic E-state index is 0.676. The number of benzene rings is 8. The molecule has 8 aromatic carbocycles. The van der Waals surface area contributed by atoms with E-state index in [1.54, 1.807) is 11.3 Å². The minimum Gasteiger partial charge on any atom is -0.454 e. The Morgan fingerprint density at radius 1 is 0.455 bits per heavy atom. The Labute approximate surface area is 319 Å². The molecule has 0 radical (unpaired) electrons. The van der Waals surface area contributed by atoms with Crippen LogP contribution >= 0.6 is 11.3 Å². The Morgan fingerprint density at radius 2 is 1.15 bits per heavy atom. The lowest BCUT2D eigenvalue weighted by atomic mass is 10.0. The fraction of sp³-hybridized carbons (Fsp3) is 0. The van der Waals surface area contributed by atoms with Gasteiger partial charge in [0, 0.05) is 42.8 Å². The largest absolute Gasteiger partial charge is 0.454 e. The molecule has 0 aliphatic rings. The predicted molar refractivity (Wildman–Crippen MR) is 230 cm³/mol. The molecule has 0 N–H and O–H groups in total. The van der Waals surface area contributed by atoms with Crippen molar-refractivity contribution in [1.29, 1.82) is 0 Å². The third kappa shape index (κ3) is 4.64. The molecule has 0 atom stereocenters. The van der Waals surface area contributed by atoms with Crippen LogP contribution in [0, 0.1) is 0 Å². The molecule has 4 heterocycles. The maximum absolute atomic E-state index is 6.89. The van der Waals surface area contributed by atoms with E-state index >= 15 is 0 Å². The minimum absolute atomic E-state index is 0.676. The second-order valence-electron chi connectivity index (χ2n) is 14.2. The number of para-hydroxylation sites is 2. The molecular weight excluding hydrogens is 691 g/mol. The third-order valence-corrected chi connectivity index (χ3v) is 12.2. The van der Waals surface area contributed by atoms with Gasteiger partial charge in [-0.05, 0) is 64.4 Å². The van der Waals surface area contributed by atoms with Crippen molar-refractivity contribution in [3.8, 4) is 39.5 Å². The van der Waals surface area contributed by atoms with Gasteiger partial charge in [0.25, 0.3) is 0 Å². The summed E-state index contributed by atoms with van der Waals surface area (Å²) in [7, 11) is 0. The Bertz CT molecular complexity index is 3480. The van der Waals surface area contributed by atoms with Gasteiger partial charge in [0.05, 0.1) is 32.6 Å². The number of nitrogens with zero attached hydrogens (tertiary/aromatic N) is 3. The zero-order chi connectivity index (χ0) is 36.0. The molecule has 0 amide bonds.